The summed E-state index contributed by atoms with van der Waals surface area (Å²) in [7, 11) is 0. The topological polar surface area (TPSA) is 56.8 Å². The monoisotopic (exact) mass is 309 g/mol. The number of anilines is 1. The average Bonchev–Trinajstić information content (AvgIpc) is 3.16. The molecule has 3 aromatic rings. The van der Waals surface area contributed by atoms with Gasteiger partial charge >= 0.3 is 0 Å². The standard InChI is InChI=1S/C18H23N5/c1-3-23-8-4-5-13(23)10-19-18-17-16(20-11-21-18)14-9-12(2)6-7-15(14)22-17/h6-7,9,11,13,22H,3-5,8,10H2,1-2H3,(H,19,20,21). The highest BCUT2D eigenvalue weighted by molar-refractivity contribution is 6.08. The zero-order valence-corrected chi connectivity index (χ0v) is 13.8. The van der Waals surface area contributed by atoms with Gasteiger partial charge in [0.05, 0.1) is 0 Å². The Morgan fingerprint density at radius 3 is 3.13 bits per heavy atom. The molecule has 1 atom stereocenters. The van der Waals surface area contributed by atoms with Gasteiger partial charge in [0, 0.05) is 23.5 Å². The molecule has 5 nitrogen and oxygen atoms in total. The van der Waals surface area contributed by atoms with Crippen molar-refractivity contribution >= 4 is 27.8 Å². The molecule has 0 bridgehead atoms. The lowest BCUT2D eigenvalue weighted by atomic mass is 10.1. The van der Waals surface area contributed by atoms with Crippen molar-refractivity contribution in [3.63, 3.8) is 0 Å². The number of aromatic nitrogens is 3. The normalized spacial score (nSPS) is 19.0. The largest absolute Gasteiger partial charge is 0.367 e. The third-order valence-electron chi connectivity index (χ3n) is 4.95. The van der Waals surface area contributed by atoms with Gasteiger partial charge in [-0.1, -0.05) is 18.6 Å². The van der Waals surface area contributed by atoms with Crippen molar-refractivity contribution < 1.29 is 0 Å². The van der Waals surface area contributed by atoms with Crippen LogP contribution in [0.4, 0.5) is 5.82 Å². The van der Waals surface area contributed by atoms with Crippen molar-refractivity contribution in [3.8, 4) is 0 Å². The Bertz CT molecular complexity index is 838. The van der Waals surface area contributed by atoms with E-state index in [9.17, 15) is 0 Å². The van der Waals surface area contributed by atoms with E-state index in [-0.39, 0.29) is 0 Å². The van der Waals surface area contributed by atoms with Crippen molar-refractivity contribution in [2.24, 2.45) is 0 Å². The lowest BCUT2D eigenvalue weighted by Crippen LogP contribution is -2.34. The predicted molar refractivity (Wildman–Crippen MR) is 94.9 cm³/mol. The molecule has 0 saturated carbocycles. The van der Waals surface area contributed by atoms with Crippen molar-refractivity contribution in [1.82, 2.24) is 19.9 Å². The van der Waals surface area contributed by atoms with Gasteiger partial charge in [0.1, 0.15) is 17.4 Å². The number of nitrogens with zero attached hydrogens (tertiary/aromatic N) is 3. The number of hydrogen-bond donors (Lipinski definition) is 2. The summed E-state index contributed by atoms with van der Waals surface area (Å²) in [6.45, 7) is 7.62. The number of benzene rings is 1. The first kappa shape index (κ1) is 14.5. The Hall–Kier alpha value is -2.14. The average molecular weight is 309 g/mol. The number of H-pyrrole nitrogens is 1. The van der Waals surface area contributed by atoms with E-state index in [0.29, 0.717) is 6.04 Å². The van der Waals surface area contributed by atoms with Gasteiger partial charge in [-0.25, -0.2) is 9.97 Å². The molecule has 1 aromatic carbocycles. The Balaban J connectivity index is 1.66. The minimum absolute atomic E-state index is 0.608. The summed E-state index contributed by atoms with van der Waals surface area (Å²) in [5.74, 6) is 0.909. The Morgan fingerprint density at radius 1 is 1.35 bits per heavy atom. The van der Waals surface area contributed by atoms with Crippen molar-refractivity contribution in [2.45, 2.75) is 32.7 Å². The second-order valence-corrected chi connectivity index (χ2v) is 6.43. The second-order valence-electron chi connectivity index (χ2n) is 6.43. The van der Waals surface area contributed by atoms with Crippen LogP contribution in [0, 0.1) is 6.92 Å². The highest BCUT2D eigenvalue weighted by Gasteiger charge is 2.23. The van der Waals surface area contributed by atoms with E-state index < -0.39 is 0 Å². The van der Waals surface area contributed by atoms with Crippen molar-refractivity contribution in [3.05, 3.63) is 30.1 Å². The zero-order chi connectivity index (χ0) is 15.8. The molecule has 2 aromatic heterocycles. The molecule has 2 N–H and O–H groups in total. The van der Waals surface area contributed by atoms with Crippen LogP contribution in [0.25, 0.3) is 21.9 Å². The summed E-state index contributed by atoms with van der Waals surface area (Å²) in [4.78, 5) is 15.0. The van der Waals surface area contributed by atoms with Gasteiger partial charge in [0.15, 0.2) is 5.82 Å². The van der Waals surface area contributed by atoms with Gasteiger partial charge in [0.25, 0.3) is 0 Å². The fourth-order valence-electron chi connectivity index (χ4n) is 3.70. The van der Waals surface area contributed by atoms with Gasteiger partial charge < -0.3 is 10.3 Å². The number of nitrogens with one attached hydrogen (secondary N) is 2. The first-order valence-electron chi connectivity index (χ1n) is 8.47. The predicted octanol–water partition coefficient (Wildman–Crippen LogP) is 3.32. The summed E-state index contributed by atoms with van der Waals surface area (Å²) in [5.41, 5.74) is 4.37. The number of aromatic amines is 1. The fourth-order valence-corrected chi connectivity index (χ4v) is 3.70. The number of rotatable bonds is 4. The van der Waals surface area contributed by atoms with Crippen molar-refractivity contribution in [1.29, 1.82) is 0 Å². The molecule has 0 aliphatic carbocycles. The molecule has 4 rings (SSSR count). The molecular weight excluding hydrogens is 286 g/mol. The van der Waals surface area contributed by atoms with Crippen LogP contribution in [0.2, 0.25) is 0 Å². The van der Waals surface area contributed by atoms with Crippen molar-refractivity contribution in [2.75, 3.05) is 25.0 Å². The maximum absolute atomic E-state index is 4.49. The lowest BCUT2D eigenvalue weighted by Gasteiger charge is -2.23. The Kier molecular flexibility index (Phi) is 3.65. The van der Waals surface area contributed by atoms with Gasteiger partial charge in [-0.05, 0) is 45.0 Å². The SMILES string of the molecule is CCN1CCCC1CNc1ncnc2c1[nH]c1ccc(C)cc12. The summed E-state index contributed by atoms with van der Waals surface area (Å²) >= 11 is 0. The first-order valence-corrected chi connectivity index (χ1v) is 8.47. The second kappa shape index (κ2) is 5.81. The highest BCUT2D eigenvalue weighted by atomic mass is 15.2. The number of likely N-dealkylation sites (N-methyl/N-ethyl adjacent to an activating group) is 1. The number of hydrogen-bond acceptors (Lipinski definition) is 4. The summed E-state index contributed by atoms with van der Waals surface area (Å²) in [6, 6.07) is 7.03. The summed E-state index contributed by atoms with van der Waals surface area (Å²) in [5, 5.41) is 4.71. The molecule has 0 radical (unpaired) electrons. The molecule has 5 heteroatoms. The van der Waals surface area contributed by atoms with Crippen LogP contribution in [0.3, 0.4) is 0 Å². The summed E-state index contributed by atoms with van der Waals surface area (Å²) < 4.78 is 0. The molecule has 1 unspecified atom stereocenters. The third kappa shape index (κ3) is 2.55. The van der Waals surface area contributed by atoms with E-state index in [2.05, 4.69) is 57.2 Å². The molecular formula is C18H23N5. The van der Waals surface area contributed by atoms with E-state index >= 15 is 0 Å². The lowest BCUT2D eigenvalue weighted by molar-refractivity contribution is 0.277. The van der Waals surface area contributed by atoms with E-state index in [1.165, 1.54) is 30.3 Å². The van der Waals surface area contributed by atoms with Gasteiger partial charge in [-0.3, -0.25) is 4.90 Å². The molecule has 1 aliphatic rings. The number of likely N-dealkylation sites (tertiary alicyclic amines) is 1. The number of aryl methyl sites for hydroxylation is 1. The van der Waals surface area contributed by atoms with E-state index in [1.807, 2.05) is 0 Å². The zero-order valence-electron chi connectivity index (χ0n) is 13.8. The fraction of sp³-hybridized carbons (Fsp3) is 0.444. The van der Waals surface area contributed by atoms with E-state index in [1.54, 1.807) is 6.33 Å². The molecule has 1 fully saturated rings. The maximum Gasteiger partial charge on any atom is 0.153 e. The molecule has 0 spiro atoms. The Morgan fingerprint density at radius 2 is 2.26 bits per heavy atom. The van der Waals surface area contributed by atoms with E-state index in [4.69, 9.17) is 0 Å². The smallest absolute Gasteiger partial charge is 0.153 e. The van der Waals surface area contributed by atoms with Gasteiger partial charge in [-0.15, -0.1) is 0 Å². The molecule has 0 amide bonds. The molecule has 3 heterocycles. The van der Waals surface area contributed by atoms with Crippen LogP contribution in [0.1, 0.15) is 25.3 Å². The highest BCUT2D eigenvalue weighted by Crippen LogP contribution is 2.28. The number of fused-ring (bicyclic) bond motifs is 3. The Labute approximate surface area is 136 Å². The molecule has 1 aliphatic heterocycles. The molecule has 23 heavy (non-hydrogen) atoms. The first-order chi connectivity index (χ1) is 11.3. The quantitative estimate of drug-likeness (QED) is 0.776. The van der Waals surface area contributed by atoms with Crippen LogP contribution in [-0.4, -0.2) is 45.5 Å². The summed E-state index contributed by atoms with van der Waals surface area (Å²) in [6.07, 6.45) is 4.22. The maximum atomic E-state index is 4.49. The van der Waals surface area contributed by atoms with Crippen LogP contribution in [0.15, 0.2) is 24.5 Å². The molecule has 1 saturated heterocycles. The van der Waals surface area contributed by atoms with Crippen LogP contribution < -0.4 is 5.32 Å². The van der Waals surface area contributed by atoms with Crippen LogP contribution in [0.5, 0.6) is 0 Å². The minimum Gasteiger partial charge on any atom is -0.367 e. The van der Waals surface area contributed by atoms with E-state index in [0.717, 1.165) is 35.5 Å². The van der Waals surface area contributed by atoms with Gasteiger partial charge in [0.2, 0.25) is 0 Å². The van der Waals surface area contributed by atoms with Crippen LogP contribution >= 0.6 is 0 Å². The third-order valence-corrected chi connectivity index (χ3v) is 4.95. The minimum atomic E-state index is 0.608. The van der Waals surface area contributed by atoms with Crippen LogP contribution in [-0.2, 0) is 0 Å². The van der Waals surface area contributed by atoms with Gasteiger partial charge in [-0.2, -0.15) is 0 Å². The molecule has 120 valence electrons.